The number of furan rings is 1. The average Bonchev–Trinajstić information content (AvgIpc) is 3.00. The molecule has 0 unspecified atom stereocenters. The Balaban J connectivity index is 2.54. The van der Waals surface area contributed by atoms with Crippen molar-refractivity contribution < 1.29 is 32.2 Å². The van der Waals surface area contributed by atoms with Gasteiger partial charge in [-0.2, -0.15) is 5.26 Å². The molecule has 0 atom stereocenters. The van der Waals surface area contributed by atoms with Gasteiger partial charge in [-0.15, -0.1) is 0 Å². The van der Waals surface area contributed by atoms with Gasteiger partial charge in [0, 0.05) is 5.39 Å². The summed E-state index contributed by atoms with van der Waals surface area (Å²) in [4.78, 5) is 12.1. The third-order valence-corrected chi connectivity index (χ3v) is 4.86. The van der Waals surface area contributed by atoms with Gasteiger partial charge in [-0.3, -0.25) is 13.7 Å². The third-order valence-electron chi connectivity index (χ3n) is 3.22. The molecule has 1 aromatic heterocycles. The van der Waals surface area contributed by atoms with Crippen LogP contribution in [0, 0.1) is 11.3 Å². The first kappa shape index (κ1) is 21.6. The van der Waals surface area contributed by atoms with Crippen LogP contribution in [0.25, 0.3) is 11.0 Å². The van der Waals surface area contributed by atoms with Gasteiger partial charge in [0.05, 0.1) is 24.9 Å². The van der Waals surface area contributed by atoms with Gasteiger partial charge in [0.25, 0.3) is 0 Å². The van der Waals surface area contributed by atoms with Crippen LogP contribution in [0.2, 0.25) is 0 Å². The predicted molar refractivity (Wildman–Crippen MR) is 101 cm³/mol. The maximum absolute atomic E-state index is 12.8. The number of phosphoric acid groups is 1. The van der Waals surface area contributed by atoms with Crippen LogP contribution < -0.4 is 0 Å². The second-order valence-corrected chi connectivity index (χ2v) is 7.66. The molecule has 10 heteroatoms. The number of nitriles is 1. The Hall–Kier alpha value is -2.66. The van der Waals surface area contributed by atoms with Crippen LogP contribution in [0.4, 0.5) is 0 Å². The van der Waals surface area contributed by atoms with Gasteiger partial charge in [-0.25, -0.2) is 9.36 Å². The minimum absolute atomic E-state index is 0.0607. The molecule has 0 N–H and O–H groups in total. The summed E-state index contributed by atoms with van der Waals surface area (Å²) in [5.74, 6) is -1.02. The lowest BCUT2D eigenvalue weighted by atomic mass is 10.1. The van der Waals surface area contributed by atoms with Gasteiger partial charge in [0.2, 0.25) is 5.76 Å². The highest BCUT2D eigenvalue weighted by atomic mass is 31.2. The summed E-state index contributed by atoms with van der Waals surface area (Å²) >= 11 is 0. The Morgan fingerprint density at radius 3 is 2.32 bits per heavy atom. The Labute approximate surface area is 162 Å². The first-order valence-electron chi connectivity index (χ1n) is 8.44. The molecule has 2 aromatic rings. The van der Waals surface area contributed by atoms with E-state index in [9.17, 15) is 14.6 Å². The lowest BCUT2D eigenvalue weighted by molar-refractivity contribution is 0.0567. The number of hydrogen-bond donors (Lipinski definition) is 0. The molecule has 0 fully saturated rings. The van der Waals surface area contributed by atoms with Crippen molar-refractivity contribution >= 4 is 30.5 Å². The van der Waals surface area contributed by atoms with Gasteiger partial charge in [-0.05, 0) is 33.8 Å². The molecule has 0 saturated carbocycles. The zero-order valence-electron chi connectivity index (χ0n) is 16.2. The molecule has 150 valence electrons. The molecule has 0 bridgehead atoms. The minimum atomic E-state index is -4.09. The van der Waals surface area contributed by atoms with Crippen molar-refractivity contribution in [2.45, 2.75) is 39.9 Å². The first-order valence-corrected chi connectivity index (χ1v) is 9.90. The number of carbonyl (C=O) groups excluding carboxylic acids is 1. The maximum Gasteiger partial charge on any atom is 0.551 e. The molecule has 2 rings (SSSR count). The van der Waals surface area contributed by atoms with Crippen LogP contribution in [0.5, 0.6) is 0 Å². The summed E-state index contributed by atoms with van der Waals surface area (Å²) in [5.41, 5.74) is 0.0665. The van der Waals surface area contributed by atoms with E-state index in [4.69, 9.17) is 22.8 Å². The third kappa shape index (κ3) is 4.98. The number of esters is 1. The number of carbonyl (C=O) groups is 1. The summed E-state index contributed by atoms with van der Waals surface area (Å²) in [6.45, 7) is 6.59. The van der Waals surface area contributed by atoms with Crippen LogP contribution in [0.15, 0.2) is 33.8 Å². The minimum Gasteiger partial charge on any atom is -0.463 e. The molecule has 1 aromatic carbocycles. The quantitative estimate of drug-likeness (QED) is 0.272. The molecule has 28 heavy (non-hydrogen) atoms. The fourth-order valence-corrected chi connectivity index (χ4v) is 3.65. The van der Waals surface area contributed by atoms with Crippen LogP contribution in [0.1, 0.15) is 43.8 Å². The van der Waals surface area contributed by atoms with Crippen LogP contribution >= 0.6 is 7.82 Å². The number of ether oxygens (including phenoxy) is 1. The summed E-state index contributed by atoms with van der Waals surface area (Å²) in [6, 6.07) is 8.49. The summed E-state index contributed by atoms with van der Waals surface area (Å²) in [6.07, 6.45) is -0.962. The standard InChI is InChI=1S/C18H21N2O7P/c1-11(2)25-28(22,26-12(3)4)27-20-14(10-19)16-13-8-6-7-9-15(13)24-17(16)18(21)23-5/h6-9,11-12H,1-5H3/b20-14+. The largest absolute Gasteiger partial charge is 0.551 e. The van der Waals surface area contributed by atoms with Crippen molar-refractivity contribution in [1.29, 1.82) is 5.26 Å². The predicted octanol–water partition coefficient (Wildman–Crippen LogP) is 4.42. The van der Waals surface area contributed by atoms with E-state index in [0.717, 1.165) is 0 Å². The molecule has 0 aliphatic carbocycles. The first-order chi connectivity index (χ1) is 13.2. The number of methoxy groups -OCH3 is 1. The topological polar surface area (TPSA) is 120 Å². The number of phosphoric ester groups is 1. The normalized spacial score (nSPS) is 12.4. The van der Waals surface area contributed by atoms with Crippen molar-refractivity contribution in [3.8, 4) is 6.07 Å². The highest BCUT2D eigenvalue weighted by Crippen LogP contribution is 2.52. The molecule has 0 spiro atoms. The van der Waals surface area contributed by atoms with E-state index in [0.29, 0.717) is 11.0 Å². The number of nitrogens with zero attached hydrogens (tertiary/aromatic N) is 2. The molecule has 0 aliphatic heterocycles. The van der Waals surface area contributed by atoms with Crippen LogP contribution in [-0.2, 0) is 23.0 Å². The zero-order valence-corrected chi connectivity index (χ0v) is 17.1. The van der Waals surface area contributed by atoms with Crippen molar-refractivity contribution in [3.05, 3.63) is 35.6 Å². The van der Waals surface area contributed by atoms with Gasteiger partial charge < -0.3 is 9.15 Å². The van der Waals surface area contributed by atoms with Crippen LogP contribution in [-0.4, -0.2) is 31.0 Å². The van der Waals surface area contributed by atoms with Crippen LogP contribution in [0.3, 0.4) is 0 Å². The molecule has 0 aliphatic rings. The van der Waals surface area contributed by atoms with Crippen molar-refractivity contribution in [1.82, 2.24) is 0 Å². The molecular formula is C18H21N2O7P. The molecule has 0 saturated heterocycles. The molecule has 1 heterocycles. The van der Waals surface area contributed by atoms with Gasteiger partial charge in [0.1, 0.15) is 11.7 Å². The number of rotatable bonds is 8. The second kappa shape index (κ2) is 9.02. The number of para-hydroxylation sites is 1. The van der Waals surface area contributed by atoms with Gasteiger partial charge >= 0.3 is 13.8 Å². The Morgan fingerprint density at radius 2 is 1.79 bits per heavy atom. The fourth-order valence-electron chi connectivity index (χ4n) is 2.31. The van der Waals surface area contributed by atoms with E-state index in [1.54, 1.807) is 52.0 Å². The fraction of sp³-hybridized carbons (Fsp3) is 0.389. The molecule has 0 amide bonds. The number of benzene rings is 1. The molecular weight excluding hydrogens is 387 g/mol. The van der Waals surface area contributed by atoms with E-state index in [-0.39, 0.29) is 17.0 Å². The highest BCUT2D eigenvalue weighted by Gasteiger charge is 2.33. The van der Waals surface area contributed by atoms with Crippen molar-refractivity contribution in [3.63, 3.8) is 0 Å². The lowest BCUT2D eigenvalue weighted by Gasteiger charge is -2.19. The summed E-state index contributed by atoms with van der Waals surface area (Å²) in [5, 5.41) is 13.7. The number of fused-ring (bicyclic) bond motifs is 1. The number of oxime groups is 1. The van der Waals surface area contributed by atoms with Crippen molar-refractivity contribution in [2.24, 2.45) is 5.16 Å². The SMILES string of the molecule is COC(=O)c1oc2ccccc2c1/C(C#N)=N/OP(=O)(OC(C)C)OC(C)C. The monoisotopic (exact) mass is 408 g/mol. The smallest absolute Gasteiger partial charge is 0.463 e. The molecule has 0 radical (unpaired) electrons. The van der Waals surface area contributed by atoms with Crippen molar-refractivity contribution in [2.75, 3.05) is 7.11 Å². The Bertz CT molecular complexity index is 958. The average molecular weight is 408 g/mol. The lowest BCUT2D eigenvalue weighted by Crippen LogP contribution is -2.11. The second-order valence-electron chi connectivity index (χ2n) is 6.18. The van der Waals surface area contributed by atoms with E-state index in [1.165, 1.54) is 7.11 Å². The van der Waals surface area contributed by atoms with E-state index in [1.807, 2.05) is 6.07 Å². The van der Waals surface area contributed by atoms with Gasteiger partial charge in [-0.1, -0.05) is 23.4 Å². The van der Waals surface area contributed by atoms with Gasteiger partial charge in [0.15, 0.2) is 5.71 Å². The number of hydrogen-bond acceptors (Lipinski definition) is 9. The Kier molecular flexibility index (Phi) is 6.97. The summed E-state index contributed by atoms with van der Waals surface area (Å²) < 4.78 is 38.5. The van der Waals surface area contributed by atoms with E-state index >= 15 is 0 Å². The summed E-state index contributed by atoms with van der Waals surface area (Å²) in [7, 11) is -2.91. The zero-order chi connectivity index (χ0) is 20.9. The highest BCUT2D eigenvalue weighted by molar-refractivity contribution is 7.48. The van der Waals surface area contributed by atoms with E-state index < -0.39 is 26.0 Å². The Morgan fingerprint density at radius 1 is 1.18 bits per heavy atom. The maximum atomic E-state index is 12.8. The van der Waals surface area contributed by atoms with E-state index in [2.05, 4.69) is 5.16 Å². The molecule has 9 nitrogen and oxygen atoms in total.